The molecule has 0 saturated heterocycles. The molecule has 0 radical (unpaired) electrons. The van der Waals surface area contributed by atoms with E-state index in [1.807, 2.05) is 0 Å². The summed E-state index contributed by atoms with van der Waals surface area (Å²) in [6.45, 7) is 5.06. The molecular formula is C16H32N2O2. The zero-order chi connectivity index (χ0) is 15.2. The molecule has 1 atom stereocenters. The quantitative estimate of drug-likeness (QED) is 0.730. The standard InChI is InChI=1S/C16H32N2O2/c1-5-13-7-9-14(10-8-13)18(3)12-6-11-16(2,17)15(19)20-4/h13-14H,5-12,17H2,1-4H3. The van der Waals surface area contributed by atoms with Gasteiger partial charge >= 0.3 is 5.97 Å². The van der Waals surface area contributed by atoms with Crippen molar-refractivity contribution in [3.63, 3.8) is 0 Å². The third-order valence-electron chi connectivity index (χ3n) is 4.88. The predicted molar refractivity (Wildman–Crippen MR) is 82.5 cm³/mol. The van der Waals surface area contributed by atoms with E-state index in [1.54, 1.807) is 6.92 Å². The van der Waals surface area contributed by atoms with Gasteiger partial charge in [0.15, 0.2) is 0 Å². The SMILES string of the molecule is CCC1CCC(N(C)CCCC(C)(N)C(=O)OC)CC1. The molecule has 0 bridgehead atoms. The molecule has 2 N–H and O–H groups in total. The molecule has 1 unspecified atom stereocenters. The van der Waals surface area contributed by atoms with Crippen LogP contribution in [0.1, 0.15) is 58.8 Å². The van der Waals surface area contributed by atoms with Gasteiger partial charge in [0.25, 0.3) is 0 Å². The van der Waals surface area contributed by atoms with Crippen molar-refractivity contribution >= 4 is 5.97 Å². The summed E-state index contributed by atoms with van der Waals surface area (Å²) >= 11 is 0. The van der Waals surface area contributed by atoms with Crippen LogP contribution in [0.25, 0.3) is 0 Å². The number of carbonyl (C=O) groups excluding carboxylic acids is 1. The molecule has 1 rings (SSSR count). The first-order valence-corrected chi connectivity index (χ1v) is 7.98. The summed E-state index contributed by atoms with van der Waals surface area (Å²) in [6, 6.07) is 0.708. The van der Waals surface area contributed by atoms with Crippen molar-refractivity contribution in [3.8, 4) is 0 Å². The number of hydrogen-bond acceptors (Lipinski definition) is 4. The van der Waals surface area contributed by atoms with E-state index in [2.05, 4.69) is 18.9 Å². The van der Waals surface area contributed by atoms with Gasteiger partial charge in [-0.05, 0) is 65.0 Å². The van der Waals surface area contributed by atoms with Crippen LogP contribution in [0.2, 0.25) is 0 Å². The van der Waals surface area contributed by atoms with Crippen molar-refractivity contribution < 1.29 is 9.53 Å². The van der Waals surface area contributed by atoms with E-state index in [0.29, 0.717) is 12.5 Å². The Hall–Kier alpha value is -0.610. The van der Waals surface area contributed by atoms with E-state index in [0.717, 1.165) is 18.9 Å². The number of rotatable bonds is 7. The van der Waals surface area contributed by atoms with E-state index in [1.165, 1.54) is 39.2 Å². The Morgan fingerprint density at radius 1 is 1.35 bits per heavy atom. The predicted octanol–water partition coefficient (Wildman–Crippen LogP) is 2.56. The normalized spacial score (nSPS) is 26.3. The van der Waals surface area contributed by atoms with Crippen molar-refractivity contribution in [2.45, 2.75) is 70.4 Å². The molecule has 0 heterocycles. The van der Waals surface area contributed by atoms with E-state index in [9.17, 15) is 4.79 Å². The third-order valence-corrected chi connectivity index (χ3v) is 4.88. The topological polar surface area (TPSA) is 55.6 Å². The van der Waals surface area contributed by atoms with Gasteiger partial charge in [-0.3, -0.25) is 4.79 Å². The van der Waals surface area contributed by atoms with Crippen molar-refractivity contribution in [1.82, 2.24) is 4.90 Å². The molecule has 1 fully saturated rings. The molecule has 0 aromatic rings. The van der Waals surface area contributed by atoms with Gasteiger partial charge in [0, 0.05) is 6.04 Å². The van der Waals surface area contributed by atoms with Gasteiger partial charge in [0.05, 0.1) is 7.11 Å². The van der Waals surface area contributed by atoms with Gasteiger partial charge < -0.3 is 15.4 Å². The highest BCUT2D eigenvalue weighted by Gasteiger charge is 2.29. The minimum absolute atomic E-state index is 0.316. The highest BCUT2D eigenvalue weighted by Crippen LogP contribution is 2.29. The Labute approximate surface area is 124 Å². The highest BCUT2D eigenvalue weighted by molar-refractivity contribution is 5.79. The van der Waals surface area contributed by atoms with Gasteiger partial charge in [-0.25, -0.2) is 0 Å². The molecule has 1 saturated carbocycles. The zero-order valence-electron chi connectivity index (χ0n) is 13.7. The fourth-order valence-corrected chi connectivity index (χ4v) is 3.21. The monoisotopic (exact) mass is 284 g/mol. The Balaban J connectivity index is 2.27. The minimum atomic E-state index is -0.852. The van der Waals surface area contributed by atoms with Crippen molar-refractivity contribution in [2.24, 2.45) is 11.7 Å². The van der Waals surface area contributed by atoms with Crippen LogP contribution >= 0.6 is 0 Å². The third kappa shape index (κ3) is 5.06. The first-order valence-electron chi connectivity index (χ1n) is 7.98. The van der Waals surface area contributed by atoms with E-state index in [4.69, 9.17) is 10.5 Å². The average Bonchev–Trinajstić information content (AvgIpc) is 2.46. The van der Waals surface area contributed by atoms with Gasteiger partial charge in [-0.15, -0.1) is 0 Å². The summed E-state index contributed by atoms with van der Waals surface area (Å²) in [5.41, 5.74) is 5.13. The minimum Gasteiger partial charge on any atom is -0.468 e. The molecule has 0 aliphatic heterocycles. The second-order valence-electron chi connectivity index (χ2n) is 6.58. The molecule has 0 aromatic heterocycles. The molecule has 118 valence electrons. The maximum absolute atomic E-state index is 11.5. The van der Waals surface area contributed by atoms with E-state index < -0.39 is 5.54 Å². The van der Waals surface area contributed by atoms with Crippen molar-refractivity contribution in [2.75, 3.05) is 20.7 Å². The number of carbonyl (C=O) groups is 1. The lowest BCUT2D eigenvalue weighted by Gasteiger charge is -2.35. The molecule has 20 heavy (non-hydrogen) atoms. The van der Waals surface area contributed by atoms with Crippen LogP contribution in [0.15, 0.2) is 0 Å². The van der Waals surface area contributed by atoms with Crippen LogP contribution in [-0.4, -0.2) is 43.2 Å². The molecule has 0 aromatic carbocycles. The summed E-state index contributed by atoms with van der Waals surface area (Å²) in [7, 11) is 3.59. The van der Waals surface area contributed by atoms with Crippen LogP contribution in [0.5, 0.6) is 0 Å². The second-order valence-corrected chi connectivity index (χ2v) is 6.58. The Bertz CT molecular complexity index is 297. The molecule has 0 amide bonds. The molecule has 0 spiro atoms. The van der Waals surface area contributed by atoms with E-state index >= 15 is 0 Å². The van der Waals surface area contributed by atoms with Crippen LogP contribution in [0.3, 0.4) is 0 Å². The van der Waals surface area contributed by atoms with Crippen molar-refractivity contribution in [1.29, 1.82) is 0 Å². The summed E-state index contributed by atoms with van der Waals surface area (Å²) in [5, 5.41) is 0. The average molecular weight is 284 g/mol. The number of nitrogens with two attached hydrogens (primary N) is 1. The lowest BCUT2D eigenvalue weighted by atomic mass is 9.84. The molecule has 4 heteroatoms. The smallest absolute Gasteiger partial charge is 0.325 e. The number of hydrogen-bond donors (Lipinski definition) is 1. The van der Waals surface area contributed by atoms with Gasteiger partial charge in [-0.1, -0.05) is 13.3 Å². The first kappa shape index (κ1) is 17.4. The second kappa shape index (κ2) is 7.99. The Morgan fingerprint density at radius 3 is 2.45 bits per heavy atom. The maximum atomic E-state index is 11.5. The fourth-order valence-electron chi connectivity index (χ4n) is 3.21. The van der Waals surface area contributed by atoms with Gasteiger partial charge in [0.1, 0.15) is 5.54 Å². The lowest BCUT2D eigenvalue weighted by molar-refractivity contribution is -0.146. The molecular weight excluding hydrogens is 252 g/mol. The lowest BCUT2D eigenvalue weighted by Crippen LogP contribution is -2.46. The van der Waals surface area contributed by atoms with Crippen LogP contribution in [0.4, 0.5) is 0 Å². The van der Waals surface area contributed by atoms with Crippen molar-refractivity contribution in [3.05, 3.63) is 0 Å². The first-order chi connectivity index (χ1) is 9.40. The summed E-state index contributed by atoms with van der Waals surface area (Å²) in [5.74, 6) is 0.620. The molecule has 1 aliphatic carbocycles. The van der Waals surface area contributed by atoms with Crippen LogP contribution in [-0.2, 0) is 9.53 Å². The van der Waals surface area contributed by atoms with Crippen LogP contribution in [0, 0.1) is 5.92 Å². The largest absolute Gasteiger partial charge is 0.468 e. The zero-order valence-corrected chi connectivity index (χ0v) is 13.7. The highest BCUT2D eigenvalue weighted by atomic mass is 16.5. The molecule has 4 nitrogen and oxygen atoms in total. The maximum Gasteiger partial charge on any atom is 0.325 e. The van der Waals surface area contributed by atoms with Gasteiger partial charge in [-0.2, -0.15) is 0 Å². The number of methoxy groups -OCH3 is 1. The fraction of sp³-hybridized carbons (Fsp3) is 0.938. The number of nitrogens with zero attached hydrogens (tertiary/aromatic N) is 1. The Kier molecular flexibility index (Phi) is 6.96. The van der Waals surface area contributed by atoms with E-state index in [-0.39, 0.29) is 5.97 Å². The molecule has 1 aliphatic rings. The number of ether oxygens (including phenoxy) is 1. The summed E-state index contributed by atoms with van der Waals surface area (Å²) in [6.07, 6.45) is 8.28. The summed E-state index contributed by atoms with van der Waals surface area (Å²) in [4.78, 5) is 14.0. The van der Waals surface area contributed by atoms with Crippen LogP contribution < -0.4 is 5.73 Å². The Morgan fingerprint density at radius 2 is 1.95 bits per heavy atom. The van der Waals surface area contributed by atoms with Gasteiger partial charge in [0.2, 0.25) is 0 Å². The number of esters is 1. The summed E-state index contributed by atoms with van der Waals surface area (Å²) < 4.78 is 4.74.